The lowest BCUT2D eigenvalue weighted by Gasteiger charge is -2.26. The molecule has 0 bridgehead atoms. The zero-order valence-electron chi connectivity index (χ0n) is 10.2. The summed E-state index contributed by atoms with van der Waals surface area (Å²) in [6.07, 6.45) is 8.46. The van der Waals surface area contributed by atoms with E-state index in [1.807, 2.05) is 6.08 Å². The summed E-state index contributed by atoms with van der Waals surface area (Å²) in [5, 5.41) is 3.45. The average molecular weight is 211 g/mol. The van der Waals surface area contributed by atoms with Crippen molar-refractivity contribution in [3.8, 4) is 0 Å². The van der Waals surface area contributed by atoms with E-state index in [9.17, 15) is 0 Å². The lowest BCUT2D eigenvalue weighted by molar-refractivity contribution is 0.0771. The van der Waals surface area contributed by atoms with Crippen LogP contribution in [0, 0.1) is 5.92 Å². The van der Waals surface area contributed by atoms with Crippen LogP contribution in [-0.2, 0) is 4.74 Å². The Hall–Kier alpha value is -0.340. The molecule has 0 spiro atoms. The molecule has 1 rings (SSSR count). The molecular formula is C13H25NO. The van der Waals surface area contributed by atoms with Gasteiger partial charge in [-0.2, -0.15) is 0 Å². The standard InChI is InChI=1S/C13H25NO/c1-4-6-7-8-12(14-3)11-9-10-15-13(11)5-2/h4,11-14H,1,5-10H2,2-3H3. The predicted octanol–water partition coefficient (Wildman–Crippen LogP) is 2.75. The van der Waals surface area contributed by atoms with Crippen molar-refractivity contribution in [1.82, 2.24) is 5.32 Å². The number of ether oxygens (including phenoxy) is 1. The minimum absolute atomic E-state index is 0.478. The Morgan fingerprint density at radius 3 is 3.00 bits per heavy atom. The highest BCUT2D eigenvalue weighted by Crippen LogP contribution is 2.28. The Morgan fingerprint density at radius 2 is 2.40 bits per heavy atom. The molecule has 1 aliphatic rings. The fourth-order valence-corrected chi connectivity index (χ4v) is 2.60. The molecule has 0 aromatic heterocycles. The molecule has 0 aromatic rings. The number of nitrogens with one attached hydrogen (secondary N) is 1. The van der Waals surface area contributed by atoms with Crippen LogP contribution in [0.4, 0.5) is 0 Å². The first kappa shape index (κ1) is 12.7. The van der Waals surface area contributed by atoms with E-state index in [1.54, 1.807) is 0 Å². The van der Waals surface area contributed by atoms with Crippen LogP contribution in [-0.4, -0.2) is 25.8 Å². The van der Waals surface area contributed by atoms with Gasteiger partial charge in [-0.05, 0) is 39.2 Å². The minimum Gasteiger partial charge on any atom is -0.378 e. The number of allylic oxidation sites excluding steroid dienone is 1. The first-order chi connectivity index (χ1) is 7.33. The quantitative estimate of drug-likeness (QED) is 0.516. The smallest absolute Gasteiger partial charge is 0.0616 e. The van der Waals surface area contributed by atoms with Gasteiger partial charge in [0.2, 0.25) is 0 Å². The van der Waals surface area contributed by atoms with Crippen molar-refractivity contribution in [2.24, 2.45) is 5.92 Å². The van der Waals surface area contributed by atoms with Gasteiger partial charge in [-0.3, -0.25) is 0 Å². The molecule has 3 atom stereocenters. The molecule has 1 heterocycles. The molecule has 1 N–H and O–H groups in total. The second kappa shape index (κ2) is 7.02. The monoisotopic (exact) mass is 211 g/mol. The van der Waals surface area contributed by atoms with Crippen LogP contribution in [0.2, 0.25) is 0 Å². The van der Waals surface area contributed by atoms with E-state index in [0.29, 0.717) is 18.1 Å². The highest BCUT2D eigenvalue weighted by molar-refractivity contribution is 4.85. The van der Waals surface area contributed by atoms with Crippen LogP contribution in [0.1, 0.15) is 39.0 Å². The van der Waals surface area contributed by atoms with Crippen LogP contribution in [0.15, 0.2) is 12.7 Å². The van der Waals surface area contributed by atoms with Gasteiger partial charge in [-0.1, -0.05) is 13.0 Å². The predicted molar refractivity (Wildman–Crippen MR) is 65.0 cm³/mol. The van der Waals surface area contributed by atoms with E-state index in [2.05, 4.69) is 25.9 Å². The number of rotatable bonds is 7. The van der Waals surface area contributed by atoms with Crippen molar-refractivity contribution in [2.45, 2.75) is 51.2 Å². The van der Waals surface area contributed by atoms with E-state index < -0.39 is 0 Å². The minimum atomic E-state index is 0.478. The fourth-order valence-electron chi connectivity index (χ4n) is 2.60. The number of hydrogen-bond donors (Lipinski definition) is 1. The number of hydrogen-bond acceptors (Lipinski definition) is 2. The summed E-state index contributed by atoms with van der Waals surface area (Å²) in [7, 11) is 2.07. The first-order valence-corrected chi connectivity index (χ1v) is 6.23. The lowest BCUT2D eigenvalue weighted by atomic mass is 9.88. The van der Waals surface area contributed by atoms with E-state index in [4.69, 9.17) is 4.74 Å². The molecule has 0 aliphatic carbocycles. The summed E-state index contributed by atoms with van der Waals surface area (Å²) in [6, 6.07) is 0.623. The van der Waals surface area contributed by atoms with Crippen LogP contribution in [0.5, 0.6) is 0 Å². The Balaban J connectivity index is 2.38. The fraction of sp³-hybridized carbons (Fsp3) is 0.846. The molecule has 0 saturated carbocycles. The van der Waals surface area contributed by atoms with Gasteiger partial charge in [0, 0.05) is 18.6 Å². The normalized spacial score (nSPS) is 27.9. The van der Waals surface area contributed by atoms with Crippen molar-refractivity contribution in [3.05, 3.63) is 12.7 Å². The van der Waals surface area contributed by atoms with Gasteiger partial charge >= 0.3 is 0 Å². The van der Waals surface area contributed by atoms with Gasteiger partial charge in [0.1, 0.15) is 0 Å². The molecule has 3 unspecified atom stereocenters. The van der Waals surface area contributed by atoms with Gasteiger partial charge in [0.05, 0.1) is 6.10 Å². The SMILES string of the molecule is C=CCCCC(NC)C1CCOC1CC. The third kappa shape index (κ3) is 3.62. The van der Waals surface area contributed by atoms with E-state index in [0.717, 1.165) is 19.4 Å². The van der Waals surface area contributed by atoms with Crippen molar-refractivity contribution >= 4 is 0 Å². The highest BCUT2D eigenvalue weighted by atomic mass is 16.5. The van der Waals surface area contributed by atoms with Crippen molar-refractivity contribution in [3.63, 3.8) is 0 Å². The topological polar surface area (TPSA) is 21.3 Å². The van der Waals surface area contributed by atoms with E-state index in [-0.39, 0.29) is 0 Å². The molecule has 15 heavy (non-hydrogen) atoms. The summed E-state index contributed by atoms with van der Waals surface area (Å²) >= 11 is 0. The second-order valence-corrected chi connectivity index (χ2v) is 4.38. The summed E-state index contributed by atoms with van der Waals surface area (Å²) in [5.74, 6) is 0.713. The summed E-state index contributed by atoms with van der Waals surface area (Å²) in [6.45, 7) is 6.94. The van der Waals surface area contributed by atoms with Gasteiger partial charge in [-0.25, -0.2) is 0 Å². The molecule has 2 nitrogen and oxygen atoms in total. The maximum absolute atomic E-state index is 5.74. The molecule has 1 saturated heterocycles. The van der Waals surface area contributed by atoms with Crippen molar-refractivity contribution in [1.29, 1.82) is 0 Å². The first-order valence-electron chi connectivity index (χ1n) is 6.23. The molecule has 1 fully saturated rings. The molecule has 0 amide bonds. The zero-order chi connectivity index (χ0) is 11.1. The Morgan fingerprint density at radius 1 is 1.60 bits per heavy atom. The molecule has 0 radical (unpaired) electrons. The summed E-state index contributed by atoms with van der Waals surface area (Å²) in [5.41, 5.74) is 0. The maximum atomic E-state index is 5.74. The average Bonchev–Trinajstić information content (AvgIpc) is 2.72. The lowest BCUT2D eigenvalue weighted by Crippen LogP contribution is -2.37. The third-order valence-corrected chi connectivity index (χ3v) is 3.47. The van der Waals surface area contributed by atoms with Crippen LogP contribution < -0.4 is 5.32 Å². The summed E-state index contributed by atoms with van der Waals surface area (Å²) in [4.78, 5) is 0. The molecule has 88 valence electrons. The van der Waals surface area contributed by atoms with Crippen LogP contribution in [0.25, 0.3) is 0 Å². The van der Waals surface area contributed by atoms with Gasteiger partial charge in [-0.15, -0.1) is 6.58 Å². The Bertz CT molecular complexity index is 181. The highest BCUT2D eigenvalue weighted by Gasteiger charge is 2.32. The van der Waals surface area contributed by atoms with Crippen molar-refractivity contribution < 1.29 is 4.74 Å². The van der Waals surface area contributed by atoms with E-state index >= 15 is 0 Å². The Labute approximate surface area is 94.1 Å². The third-order valence-electron chi connectivity index (χ3n) is 3.47. The van der Waals surface area contributed by atoms with Gasteiger partial charge in [0.15, 0.2) is 0 Å². The van der Waals surface area contributed by atoms with Crippen molar-refractivity contribution in [2.75, 3.05) is 13.7 Å². The number of unbranched alkanes of at least 4 members (excludes halogenated alkanes) is 1. The molecule has 2 heteroatoms. The van der Waals surface area contributed by atoms with Gasteiger partial charge in [0.25, 0.3) is 0 Å². The van der Waals surface area contributed by atoms with E-state index in [1.165, 1.54) is 19.3 Å². The van der Waals surface area contributed by atoms with Gasteiger partial charge < -0.3 is 10.1 Å². The molecule has 0 aromatic carbocycles. The largest absolute Gasteiger partial charge is 0.378 e. The van der Waals surface area contributed by atoms with Crippen LogP contribution in [0.3, 0.4) is 0 Å². The maximum Gasteiger partial charge on any atom is 0.0616 e. The van der Waals surface area contributed by atoms with Crippen LogP contribution >= 0.6 is 0 Å². The molecular weight excluding hydrogens is 186 g/mol. The Kier molecular flexibility index (Phi) is 5.96. The summed E-state index contributed by atoms with van der Waals surface area (Å²) < 4.78 is 5.74. The second-order valence-electron chi connectivity index (χ2n) is 4.38. The molecule has 1 aliphatic heterocycles. The zero-order valence-corrected chi connectivity index (χ0v) is 10.2.